The quantitative estimate of drug-likeness (QED) is 0.669. The Morgan fingerprint density at radius 1 is 1.54 bits per heavy atom. The van der Waals surface area contributed by atoms with Crippen molar-refractivity contribution < 1.29 is 4.84 Å². The minimum Gasteiger partial charge on any atom is -0.304 e. The Bertz CT molecular complexity index is 280. The fourth-order valence-electron chi connectivity index (χ4n) is 1.04. The van der Waals surface area contributed by atoms with Gasteiger partial charge in [0.25, 0.3) is 0 Å². The van der Waals surface area contributed by atoms with Crippen LogP contribution in [0.2, 0.25) is 0 Å². The summed E-state index contributed by atoms with van der Waals surface area (Å²) in [7, 11) is 0. The van der Waals surface area contributed by atoms with E-state index in [1.165, 1.54) is 10.5 Å². The SMILES string of the molecule is CSc1ccc(CCON)cc1Br. The summed E-state index contributed by atoms with van der Waals surface area (Å²) in [6.45, 7) is 0.561. The van der Waals surface area contributed by atoms with Crippen molar-refractivity contribution in [2.24, 2.45) is 5.90 Å². The molecule has 1 rings (SSSR count). The highest BCUT2D eigenvalue weighted by molar-refractivity contribution is 9.10. The normalized spacial score (nSPS) is 10.4. The molecule has 2 N–H and O–H groups in total. The van der Waals surface area contributed by atoms with Crippen LogP contribution in [-0.4, -0.2) is 12.9 Å². The summed E-state index contributed by atoms with van der Waals surface area (Å²) in [5.41, 5.74) is 1.23. The van der Waals surface area contributed by atoms with Crippen molar-refractivity contribution >= 4 is 27.7 Å². The van der Waals surface area contributed by atoms with E-state index in [1.54, 1.807) is 11.8 Å². The molecule has 0 saturated carbocycles. The van der Waals surface area contributed by atoms with E-state index < -0.39 is 0 Å². The van der Waals surface area contributed by atoms with E-state index in [-0.39, 0.29) is 0 Å². The molecule has 0 aliphatic rings. The molecule has 0 bridgehead atoms. The summed E-state index contributed by atoms with van der Waals surface area (Å²) < 4.78 is 1.13. The van der Waals surface area contributed by atoms with Gasteiger partial charge in [-0.05, 0) is 46.3 Å². The van der Waals surface area contributed by atoms with Crippen molar-refractivity contribution in [2.75, 3.05) is 12.9 Å². The van der Waals surface area contributed by atoms with Gasteiger partial charge in [-0.2, -0.15) is 0 Å². The molecular weight excluding hydrogens is 250 g/mol. The fraction of sp³-hybridized carbons (Fsp3) is 0.333. The largest absolute Gasteiger partial charge is 0.304 e. The number of rotatable bonds is 4. The third kappa shape index (κ3) is 3.31. The molecule has 0 radical (unpaired) electrons. The maximum Gasteiger partial charge on any atom is 0.0719 e. The lowest BCUT2D eigenvalue weighted by Crippen LogP contribution is -2.03. The van der Waals surface area contributed by atoms with E-state index in [9.17, 15) is 0 Å². The second-order valence-corrected chi connectivity index (χ2v) is 4.29. The van der Waals surface area contributed by atoms with Gasteiger partial charge >= 0.3 is 0 Å². The maximum atomic E-state index is 4.95. The Hall–Kier alpha value is -0.0300. The van der Waals surface area contributed by atoms with Crippen LogP contribution in [0.4, 0.5) is 0 Å². The third-order valence-corrected chi connectivity index (χ3v) is 3.44. The zero-order valence-corrected chi connectivity index (χ0v) is 9.82. The Kier molecular flexibility index (Phi) is 4.80. The van der Waals surface area contributed by atoms with Crippen LogP contribution in [0.3, 0.4) is 0 Å². The van der Waals surface area contributed by atoms with Crippen molar-refractivity contribution in [3.63, 3.8) is 0 Å². The molecule has 0 spiro atoms. The van der Waals surface area contributed by atoms with Gasteiger partial charge in [0.1, 0.15) is 0 Å². The lowest BCUT2D eigenvalue weighted by Gasteiger charge is -2.04. The minimum atomic E-state index is 0.561. The third-order valence-electron chi connectivity index (χ3n) is 1.72. The van der Waals surface area contributed by atoms with Crippen LogP contribution < -0.4 is 5.90 Å². The molecule has 72 valence electrons. The molecule has 0 atom stereocenters. The predicted octanol–water partition coefficient (Wildman–Crippen LogP) is 2.60. The van der Waals surface area contributed by atoms with Gasteiger partial charge < -0.3 is 4.84 Å². The highest BCUT2D eigenvalue weighted by Crippen LogP contribution is 2.26. The van der Waals surface area contributed by atoms with Gasteiger partial charge in [0.2, 0.25) is 0 Å². The summed E-state index contributed by atoms with van der Waals surface area (Å²) in [5.74, 6) is 4.95. The van der Waals surface area contributed by atoms with E-state index in [2.05, 4.69) is 45.2 Å². The highest BCUT2D eigenvalue weighted by atomic mass is 79.9. The number of hydrogen-bond donors (Lipinski definition) is 1. The standard InChI is InChI=1S/C9H12BrNOS/c1-13-9-3-2-7(4-5-12-11)6-8(9)10/h2-3,6H,4-5,11H2,1H3. The fourth-order valence-corrected chi connectivity index (χ4v) is 2.41. The maximum absolute atomic E-state index is 4.95. The van der Waals surface area contributed by atoms with Crippen LogP contribution in [-0.2, 0) is 11.3 Å². The Labute approximate surface area is 90.9 Å². The van der Waals surface area contributed by atoms with Crippen LogP contribution >= 0.6 is 27.7 Å². The van der Waals surface area contributed by atoms with E-state index in [1.807, 2.05) is 0 Å². The van der Waals surface area contributed by atoms with Gasteiger partial charge in [0, 0.05) is 9.37 Å². The zero-order chi connectivity index (χ0) is 9.68. The zero-order valence-electron chi connectivity index (χ0n) is 7.42. The number of benzene rings is 1. The van der Waals surface area contributed by atoms with Crippen molar-refractivity contribution in [1.29, 1.82) is 0 Å². The average molecular weight is 262 g/mol. The first-order valence-electron chi connectivity index (χ1n) is 3.92. The lowest BCUT2D eigenvalue weighted by molar-refractivity contribution is 0.141. The molecule has 13 heavy (non-hydrogen) atoms. The molecule has 0 amide bonds. The smallest absolute Gasteiger partial charge is 0.0719 e. The number of hydrogen-bond acceptors (Lipinski definition) is 3. The number of halogens is 1. The van der Waals surface area contributed by atoms with Crippen LogP contribution in [0.25, 0.3) is 0 Å². The van der Waals surface area contributed by atoms with Crippen LogP contribution in [0.1, 0.15) is 5.56 Å². The summed E-state index contributed by atoms with van der Waals surface area (Å²) in [6.07, 6.45) is 2.91. The topological polar surface area (TPSA) is 35.2 Å². The number of nitrogens with two attached hydrogens (primary N) is 1. The molecule has 0 fully saturated rings. The summed E-state index contributed by atoms with van der Waals surface area (Å²) in [6, 6.07) is 6.29. The van der Waals surface area contributed by atoms with Crippen molar-refractivity contribution in [3.8, 4) is 0 Å². The highest BCUT2D eigenvalue weighted by Gasteiger charge is 1.99. The van der Waals surface area contributed by atoms with Crippen LogP contribution in [0.15, 0.2) is 27.6 Å². The molecule has 0 aliphatic carbocycles. The van der Waals surface area contributed by atoms with Crippen LogP contribution in [0, 0.1) is 0 Å². The molecule has 0 unspecified atom stereocenters. The second-order valence-electron chi connectivity index (χ2n) is 2.59. The van der Waals surface area contributed by atoms with E-state index in [0.717, 1.165) is 10.9 Å². The first-order chi connectivity index (χ1) is 6.27. The molecular formula is C9H12BrNOS. The minimum absolute atomic E-state index is 0.561. The monoisotopic (exact) mass is 261 g/mol. The van der Waals surface area contributed by atoms with E-state index in [0.29, 0.717) is 6.61 Å². The molecule has 1 aromatic rings. The van der Waals surface area contributed by atoms with Crippen molar-refractivity contribution in [1.82, 2.24) is 0 Å². The molecule has 0 aliphatic heterocycles. The molecule has 1 aromatic carbocycles. The van der Waals surface area contributed by atoms with Crippen molar-refractivity contribution in [3.05, 3.63) is 28.2 Å². The number of thioether (sulfide) groups is 1. The van der Waals surface area contributed by atoms with E-state index >= 15 is 0 Å². The van der Waals surface area contributed by atoms with E-state index in [4.69, 9.17) is 5.90 Å². The van der Waals surface area contributed by atoms with Gasteiger partial charge in [0.15, 0.2) is 0 Å². The summed E-state index contributed by atoms with van der Waals surface area (Å²) in [5, 5.41) is 0. The first kappa shape index (κ1) is 11.0. The molecule has 4 heteroatoms. The molecule has 2 nitrogen and oxygen atoms in total. The molecule has 0 heterocycles. The van der Waals surface area contributed by atoms with Gasteiger partial charge in [-0.15, -0.1) is 11.8 Å². The average Bonchev–Trinajstić information content (AvgIpc) is 2.15. The summed E-state index contributed by atoms with van der Waals surface area (Å²) >= 11 is 5.23. The van der Waals surface area contributed by atoms with Crippen molar-refractivity contribution in [2.45, 2.75) is 11.3 Å². The van der Waals surface area contributed by atoms with Crippen LogP contribution in [0.5, 0.6) is 0 Å². The molecule has 0 saturated heterocycles. The van der Waals surface area contributed by atoms with Gasteiger partial charge in [-0.3, -0.25) is 0 Å². The van der Waals surface area contributed by atoms with Gasteiger partial charge in [-0.1, -0.05) is 6.07 Å². The van der Waals surface area contributed by atoms with Gasteiger partial charge in [-0.25, -0.2) is 5.90 Å². The van der Waals surface area contributed by atoms with Gasteiger partial charge in [0.05, 0.1) is 6.61 Å². The Morgan fingerprint density at radius 3 is 2.85 bits per heavy atom. The Balaban J connectivity index is 2.71. The Morgan fingerprint density at radius 2 is 2.31 bits per heavy atom. The predicted molar refractivity (Wildman–Crippen MR) is 59.8 cm³/mol. The molecule has 0 aromatic heterocycles. The lowest BCUT2D eigenvalue weighted by atomic mass is 10.2. The first-order valence-corrected chi connectivity index (χ1v) is 5.94. The second kappa shape index (κ2) is 5.65. The summed E-state index contributed by atoms with van der Waals surface area (Å²) in [4.78, 5) is 5.77.